The minimum Gasteiger partial charge on any atom is -0.493 e. The van der Waals surface area contributed by atoms with Gasteiger partial charge in [-0.3, -0.25) is 9.59 Å². The number of carbonyl (C=O) groups is 2. The number of fused-ring (bicyclic) bond motifs is 1. The summed E-state index contributed by atoms with van der Waals surface area (Å²) in [5.41, 5.74) is 1.42. The molecule has 0 saturated carbocycles. The number of carbonyl (C=O) groups excluding carboxylic acids is 2. The van der Waals surface area contributed by atoms with Crippen molar-refractivity contribution in [1.82, 2.24) is 15.5 Å². The van der Waals surface area contributed by atoms with Gasteiger partial charge < -0.3 is 30.1 Å². The van der Waals surface area contributed by atoms with E-state index in [0.717, 1.165) is 37.9 Å². The van der Waals surface area contributed by atoms with Gasteiger partial charge in [-0.1, -0.05) is 6.07 Å². The van der Waals surface area contributed by atoms with Gasteiger partial charge in [0, 0.05) is 17.5 Å². The second-order valence-electron chi connectivity index (χ2n) is 7.86. The zero-order chi connectivity index (χ0) is 20.2. The van der Waals surface area contributed by atoms with E-state index < -0.39 is 12.3 Å². The van der Waals surface area contributed by atoms with Crippen LogP contribution in [0, 0.1) is 0 Å². The van der Waals surface area contributed by atoms with Crippen LogP contribution in [-0.2, 0) is 16.1 Å². The van der Waals surface area contributed by atoms with Crippen molar-refractivity contribution in [3.63, 3.8) is 0 Å². The van der Waals surface area contributed by atoms with Gasteiger partial charge in [0.15, 0.2) is 0 Å². The molecule has 8 nitrogen and oxygen atoms in total. The second-order valence-corrected chi connectivity index (χ2v) is 7.86. The second kappa shape index (κ2) is 9.11. The summed E-state index contributed by atoms with van der Waals surface area (Å²) in [6.07, 6.45) is 3.30. The topological polar surface area (TPSA) is 100 Å². The highest BCUT2D eigenvalue weighted by Gasteiger charge is 2.40. The van der Waals surface area contributed by atoms with Crippen LogP contribution in [0.3, 0.4) is 0 Å². The summed E-state index contributed by atoms with van der Waals surface area (Å²) in [6.45, 7) is 3.56. The van der Waals surface area contributed by atoms with E-state index in [-0.39, 0.29) is 11.8 Å². The molecule has 0 spiro atoms. The van der Waals surface area contributed by atoms with Crippen LogP contribution in [0.5, 0.6) is 5.75 Å². The summed E-state index contributed by atoms with van der Waals surface area (Å²) in [5.74, 6) is 0.232. The summed E-state index contributed by atoms with van der Waals surface area (Å²) < 4.78 is 11.9. The molecule has 2 atom stereocenters. The average molecular weight is 403 g/mol. The lowest BCUT2D eigenvalue weighted by molar-refractivity contribution is -0.132. The normalized spacial score (nSPS) is 25.1. The van der Waals surface area contributed by atoms with Crippen molar-refractivity contribution in [3.8, 4) is 5.75 Å². The third-order valence-corrected chi connectivity index (χ3v) is 5.84. The molecule has 3 aliphatic rings. The Bertz CT molecular complexity index is 750. The van der Waals surface area contributed by atoms with Crippen LogP contribution in [0.15, 0.2) is 18.2 Å². The van der Waals surface area contributed by atoms with E-state index in [0.29, 0.717) is 50.0 Å². The third kappa shape index (κ3) is 4.55. The molecule has 0 aliphatic carbocycles. The summed E-state index contributed by atoms with van der Waals surface area (Å²) in [7, 11) is 0. The Hall–Kier alpha value is -2.16. The van der Waals surface area contributed by atoms with Crippen LogP contribution < -0.4 is 15.4 Å². The van der Waals surface area contributed by atoms with Gasteiger partial charge in [0.2, 0.25) is 5.91 Å². The Morgan fingerprint density at radius 3 is 2.72 bits per heavy atom. The zero-order valence-electron chi connectivity index (χ0n) is 16.6. The molecule has 158 valence electrons. The molecule has 3 N–H and O–H groups in total. The minimum atomic E-state index is -0.829. The van der Waals surface area contributed by atoms with Crippen LogP contribution >= 0.6 is 0 Å². The summed E-state index contributed by atoms with van der Waals surface area (Å²) in [5, 5.41) is 15.4. The van der Waals surface area contributed by atoms with Crippen LogP contribution in [-0.4, -0.2) is 66.5 Å². The number of aliphatic hydroxyl groups excluding tert-OH is 1. The highest BCUT2D eigenvalue weighted by Crippen LogP contribution is 2.33. The van der Waals surface area contributed by atoms with Gasteiger partial charge in [0.1, 0.15) is 18.0 Å². The van der Waals surface area contributed by atoms with Crippen molar-refractivity contribution in [1.29, 1.82) is 0 Å². The number of piperidine rings is 2. The van der Waals surface area contributed by atoms with Gasteiger partial charge >= 0.3 is 0 Å². The van der Waals surface area contributed by atoms with Crippen molar-refractivity contribution < 1.29 is 24.2 Å². The summed E-state index contributed by atoms with van der Waals surface area (Å²) in [6, 6.07) is 4.91. The fraction of sp³-hybridized carbons (Fsp3) is 0.619. The largest absolute Gasteiger partial charge is 0.493 e. The fourth-order valence-electron chi connectivity index (χ4n) is 4.24. The monoisotopic (exact) mass is 403 g/mol. The Kier molecular flexibility index (Phi) is 6.32. The maximum Gasteiger partial charge on any atom is 0.255 e. The van der Waals surface area contributed by atoms with Crippen molar-refractivity contribution >= 4 is 11.8 Å². The van der Waals surface area contributed by atoms with Crippen LogP contribution in [0.2, 0.25) is 0 Å². The molecule has 8 heteroatoms. The molecule has 2 saturated heterocycles. The van der Waals surface area contributed by atoms with Gasteiger partial charge in [0.25, 0.3) is 5.91 Å². The zero-order valence-corrected chi connectivity index (χ0v) is 16.6. The number of rotatable bonds is 7. The molecule has 2 amide bonds. The molecule has 3 aliphatic heterocycles. The predicted molar refractivity (Wildman–Crippen MR) is 105 cm³/mol. The first-order valence-corrected chi connectivity index (χ1v) is 10.5. The van der Waals surface area contributed by atoms with E-state index >= 15 is 0 Å². The Labute approximate surface area is 170 Å². The lowest BCUT2D eigenvalue weighted by Gasteiger charge is -2.32. The van der Waals surface area contributed by atoms with Gasteiger partial charge in [-0.15, -0.1) is 0 Å². The SMILES string of the molecule is O=C1NC(O)CCC1N1Cc2c(OCCCOC3CCNCC3)cccc2C1=O. The number of hydrogen-bond acceptors (Lipinski definition) is 6. The molecule has 0 aromatic heterocycles. The van der Waals surface area contributed by atoms with Crippen LogP contribution in [0.25, 0.3) is 0 Å². The number of hydrogen-bond donors (Lipinski definition) is 3. The molecule has 0 radical (unpaired) electrons. The van der Waals surface area contributed by atoms with E-state index in [1.54, 1.807) is 11.0 Å². The van der Waals surface area contributed by atoms with Gasteiger partial charge in [-0.25, -0.2) is 0 Å². The Balaban J connectivity index is 1.31. The summed E-state index contributed by atoms with van der Waals surface area (Å²) in [4.78, 5) is 26.6. The average Bonchev–Trinajstić information content (AvgIpc) is 3.06. The van der Waals surface area contributed by atoms with E-state index in [4.69, 9.17) is 9.47 Å². The first-order chi connectivity index (χ1) is 14.1. The number of benzene rings is 1. The molecule has 1 aromatic carbocycles. The van der Waals surface area contributed by atoms with Crippen molar-refractivity contribution in [2.75, 3.05) is 26.3 Å². The third-order valence-electron chi connectivity index (χ3n) is 5.84. The first-order valence-electron chi connectivity index (χ1n) is 10.5. The van der Waals surface area contributed by atoms with Gasteiger partial charge in [-0.2, -0.15) is 0 Å². The molecular weight excluding hydrogens is 374 g/mol. The van der Waals surface area contributed by atoms with E-state index in [1.807, 2.05) is 12.1 Å². The highest BCUT2D eigenvalue weighted by molar-refractivity contribution is 6.01. The Morgan fingerprint density at radius 2 is 1.93 bits per heavy atom. The number of nitrogens with one attached hydrogen (secondary N) is 2. The number of amides is 2. The first kappa shape index (κ1) is 20.1. The van der Waals surface area contributed by atoms with Crippen LogP contribution in [0.4, 0.5) is 0 Å². The van der Waals surface area contributed by atoms with Crippen molar-refractivity contribution in [3.05, 3.63) is 29.3 Å². The Morgan fingerprint density at radius 1 is 1.10 bits per heavy atom. The molecule has 0 bridgehead atoms. The molecule has 2 unspecified atom stereocenters. The lowest BCUT2D eigenvalue weighted by atomic mass is 10.0. The lowest BCUT2D eigenvalue weighted by Crippen LogP contribution is -2.54. The maximum atomic E-state index is 12.8. The predicted octanol–water partition coefficient (Wildman–Crippen LogP) is 0.777. The molecule has 29 heavy (non-hydrogen) atoms. The standard InChI is InChI=1S/C21H29N3O5/c25-19-6-5-17(20(26)23-19)24-13-16-15(21(24)27)3-1-4-18(16)29-12-2-11-28-14-7-9-22-10-8-14/h1,3-4,14,17,19,22,25H,2,5-13H2,(H,23,26). The minimum absolute atomic E-state index is 0.156. The summed E-state index contributed by atoms with van der Waals surface area (Å²) >= 11 is 0. The quantitative estimate of drug-likeness (QED) is 0.582. The van der Waals surface area contributed by atoms with E-state index in [1.165, 1.54) is 0 Å². The van der Waals surface area contributed by atoms with E-state index in [9.17, 15) is 14.7 Å². The van der Waals surface area contributed by atoms with Gasteiger partial charge in [-0.05, 0) is 50.9 Å². The molecule has 2 fully saturated rings. The fourth-order valence-corrected chi connectivity index (χ4v) is 4.24. The highest BCUT2D eigenvalue weighted by atomic mass is 16.5. The van der Waals surface area contributed by atoms with Gasteiger partial charge in [0.05, 0.1) is 25.9 Å². The smallest absolute Gasteiger partial charge is 0.255 e. The number of nitrogens with zero attached hydrogens (tertiary/aromatic N) is 1. The molecule has 4 rings (SSSR count). The van der Waals surface area contributed by atoms with E-state index in [2.05, 4.69) is 10.6 Å². The van der Waals surface area contributed by atoms with Crippen molar-refractivity contribution in [2.24, 2.45) is 0 Å². The molecular formula is C21H29N3O5. The van der Waals surface area contributed by atoms with Crippen LogP contribution in [0.1, 0.15) is 48.0 Å². The number of ether oxygens (including phenoxy) is 2. The maximum absolute atomic E-state index is 12.8. The van der Waals surface area contributed by atoms with Crippen molar-refractivity contribution in [2.45, 2.75) is 57.0 Å². The molecule has 3 heterocycles. The molecule has 1 aromatic rings. The number of aliphatic hydroxyl groups is 1.